The molecular formula is C10H12S. The summed E-state index contributed by atoms with van der Waals surface area (Å²) in [7, 11) is 0. The van der Waals surface area contributed by atoms with Crippen molar-refractivity contribution in [2.75, 3.05) is 0 Å². The van der Waals surface area contributed by atoms with E-state index in [0.717, 1.165) is 10.5 Å². The first-order valence-electron chi connectivity index (χ1n) is 3.57. The Balaban J connectivity index is 3.23. The van der Waals surface area contributed by atoms with Crippen LogP contribution in [0.1, 0.15) is 18.1 Å². The van der Waals surface area contributed by atoms with Crippen molar-refractivity contribution < 1.29 is 0 Å². The maximum atomic E-state index is 4.25. The van der Waals surface area contributed by atoms with E-state index >= 15 is 0 Å². The van der Waals surface area contributed by atoms with Gasteiger partial charge in [0, 0.05) is 4.90 Å². The fourth-order valence-electron chi connectivity index (χ4n) is 1.07. The lowest BCUT2D eigenvalue weighted by molar-refractivity contribution is 1.34. The van der Waals surface area contributed by atoms with Gasteiger partial charge in [0.25, 0.3) is 0 Å². The van der Waals surface area contributed by atoms with Crippen LogP contribution in [0.25, 0.3) is 5.57 Å². The molecule has 11 heavy (non-hydrogen) atoms. The van der Waals surface area contributed by atoms with Gasteiger partial charge in [0.05, 0.1) is 0 Å². The lowest BCUT2D eigenvalue weighted by atomic mass is 10.0. The minimum Gasteiger partial charge on any atom is -0.143 e. The summed E-state index contributed by atoms with van der Waals surface area (Å²) in [6.45, 7) is 7.98. The van der Waals surface area contributed by atoms with E-state index in [2.05, 4.69) is 32.2 Å². The average molecular weight is 164 g/mol. The van der Waals surface area contributed by atoms with Crippen LogP contribution in [-0.2, 0) is 0 Å². The van der Waals surface area contributed by atoms with Crippen molar-refractivity contribution in [3.05, 3.63) is 35.9 Å². The number of aryl methyl sites for hydroxylation is 1. The van der Waals surface area contributed by atoms with Gasteiger partial charge in [-0.05, 0) is 37.1 Å². The van der Waals surface area contributed by atoms with E-state index in [-0.39, 0.29) is 0 Å². The largest absolute Gasteiger partial charge is 0.143 e. The minimum absolute atomic E-state index is 0.994. The van der Waals surface area contributed by atoms with Crippen molar-refractivity contribution in [1.29, 1.82) is 0 Å². The highest BCUT2D eigenvalue weighted by molar-refractivity contribution is 7.80. The van der Waals surface area contributed by atoms with Crippen molar-refractivity contribution in [3.63, 3.8) is 0 Å². The molecule has 0 aromatic heterocycles. The topological polar surface area (TPSA) is 0 Å². The second-order valence-corrected chi connectivity index (χ2v) is 3.30. The predicted molar refractivity (Wildman–Crippen MR) is 53.1 cm³/mol. The van der Waals surface area contributed by atoms with Crippen LogP contribution in [0.15, 0.2) is 29.7 Å². The van der Waals surface area contributed by atoms with E-state index in [1.165, 1.54) is 11.1 Å². The number of hydrogen-bond donors (Lipinski definition) is 1. The highest BCUT2D eigenvalue weighted by Crippen LogP contribution is 2.19. The van der Waals surface area contributed by atoms with Gasteiger partial charge in [-0.3, -0.25) is 0 Å². The molecule has 1 heteroatoms. The molecule has 0 nitrogen and oxygen atoms in total. The van der Waals surface area contributed by atoms with Crippen LogP contribution in [0.3, 0.4) is 0 Å². The number of allylic oxidation sites excluding steroid dienone is 1. The predicted octanol–water partition coefficient (Wildman–Crippen LogP) is 3.32. The monoisotopic (exact) mass is 164 g/mol. The molecule has 0 bridgehead atoms. The first kappa shape index (κ1) is 8.41. The SMILES string of the molecule is C=C(C)c1cc(S)ccc1C. The Bertz CT molecular complexity index is 287. The minimum atomic E-state index is 0.994. The number of rotatable bonds is 1. The molecule has 1 aromatic rings. The molecule has 0 heterocycles. The van der Waals surface area contributed by atoms with Crippen LogP contribution < -0.4 is 0 Å². The molecule has 0 saturated heterocycles. The van der Waals surface area contributed by atoms with Gasteiger partial charge >= 0.3 is 0 Å². The molecule has 0 radical (unpaired) electrons. The van der Waals surface area contributed by atoms with Crippen LogP contribution in [0.4, 0.5) is 0 Å². The third-order valence-electron chi connectivity index (χ3n) is 1.68. The molecule has 1 rings (SSSR count). The van der Waals surface area contributed by atoms with Crippen LogP contribution in [0.2, 0.25) is 0 Å². The third kappa shape index (κ3) is 1.87. The molecule has 0 atom stereocenters. The van der Waals surface area contributed by atoms with Gasteiger partial charge < -0.3 is 0 Å². The molecule has 0 spiro atoms. The smallest absolute Gasteiger partial charge is 0.00462 e. The quantitative estimate of drug-likeness (QED) is 0.605. The molecule has 0 unspecified atom stereocenters. The first-order chi connectivity index (χ1) is 5.11. The van der Waals surface area contributed by atoms with Gasteiger partial charge in [-0.2, -0.15) is 0 Å². The standard InChI is InChI=1S/C10H12S/c1-7(2)10-6-9(11)5-4-8(10)3/h4-6,11H,1H2,2-3H3. The molecular weight excluding hydrogens is 152 g/mol. The summed E-state index contributed by atoms with van der Waals surface area (Å²) < 4.78 is 0. The fourth-order valence-corrected chi connectivity index (χ4v) is 1.27. The molecule has 0 saturated carbocycles. The molecule has 0 aliphatic heterocycles. The van der Waals surface area contributed by atoms with Crippen LogP contribution in [0, 0.1) is 6.92 Å². The Hall–Kier alpha value is -0.690. The molecule has 58 valence electrons. The highest BCUT2D eigenvalue weighted by atomic mass is 32.1. The molecule has 0 aliphatic rings. The zero-order valence-electron chi connectivity index (χ0n) is 6.89. The van der Waals surface area contributed by atoms with E-state index in [1.807, 2.05) is 19.1 Å². The Morgan fingerprint density at radius 3 is 2.55 bits per heavy atom. The second-order valence-electron chi connectivity index (χ2n) is 2.78. The summed E-state index contributed by atoms with van der Waals surface area (Å²) >= 11 is 4.25. The van der Waals surface area contributed by atoms with Gasteiger partial charge in [-0.1, -0.05) is 18.2 Å². The van der Waals surface area contributed by atoms with Gasteiger partial charge in [0.15, 0.2) is 0 Å². The third-order valence-corrected chi connectivity index (χ3v) is 1.96. The maximum absolute atomic E-state index is 4.25. The van der Waals surface area contributed by atoms with Gasteiger partial charge in [0.2, 0.25) is 0 Å². The van der Waals surface area contributed by atoms with Crippen molar-refractivity contribution in [3.8, 4) is 0 Å². The lowest BCUT2D eigenvalue weighted by Crippen LogP contribution is -1.83. The number of hydrogen-bond acceptors (Lipinski definition) is 1. The summed E-state index contributed by atoms with van der Waals surface area (Å²) in [6, 6.07) is 6.10. The van der Waals surface area contributed by atoms with Crippen LogP contribution >= 0.6 is 12.6 Å². The molecule has 0 aliphatic carbocycles. The first-order valence-corrected chi connectivity index (χ1v) is 4.01. The van der Waals surface area contributed by atoms with Crippen molar-refractivity contribution in [2.24, 2.45) is 0 Å². The number of thiol groups is 1. The van der Waals surface area contributed by atoms with Gasteiger partial charge in [-0.25, -0.2) is 0 Å². The van der Waals surface area contributed by atoms with E-state index in [1.54, 1.807) is 0 Å². The van der Waals surface area contributed by atoms with Gasteiger partial charge in [0.1, 0.15) is 0 Å². The molecule has 1 aromatic carbocycles. The van der Waals surface area contributed by atoms with Crippen LogP contribution in [-0.4, -0.2) is 0 Å². The summed E-state index contributed by atoms with van der Waals surface area (Å²) in [4.78, 5) is 0.994. The Morgan fingerprint density at radius 1 is 1.45 bits per heavy atom. The number of benzene rings is 1. The van der Waals surface area contributed by atoms with Crippen molar-refractivity contribution >= 4 is 18.2 Å². The zero-order chi connectivity index (χ0) is 8.43. The van der Waals surface area contributed by atoms with Crippen molar-refractivity contribution in [2.45, 2.75) is 18.7 Å². The van der Waals surface area contributed by atoms with Crippen molar-refractivity contribution in [1.82, 2.24) is 0 Å². The second kappa shape index (κ2) is 3.14. The molecule has 0 amide bonds. The normalized spacial score (nSPS) is 9.73. The van der Waals surface area contributed by atoms with E-state index in [4.69, 9.17) is 0 Å². The summed E-state index contributed by atoms with van der Waals surface area (Å²) in [5, 5.41) is 0. The molecule has 0 N–H and O–H groups in total. The van der Waals surface area contributed by atoms with Gasteiger partial charge in [-0.15, -0.1) is 12.6 Å². The highest BCUT2D eigenvalue weighted by Gasteiger charge is 1.97. The zero-order valence-corrected chi connectivity index (χ0v) is 7.78. The van der Waals surface area contributed by atoms with E-state index in [0.29, 0.717) is 0 Å². The summed E-state index contributed by atoms with van der Waals surface area (Å²) in [6.07, 6.45) is 0. The Labute approximate surface area is 73.4 Å². The maximum Gasteiger partial charge on any atom is 0.00462 e. The Kier molecular flexibility index (Phi) is 2.40. The fraction of sp³-hybridized carbons (Fsp3) is 0.200. The van der Waals surface area contributed by atoms with E-state index in [9.17, 15) is 0 Å². The Morgan fingerprint density at radius 2 is 2.09 bits per heavy atom. The average Bonchev–Trinajstić information content (AvgIpc) is 1.94. The van der Waals surface area contributed by atoms with Crippen LogP contribution in [0.5, 0.6) is 0 Å². The lowest BCUT2D eigenvalue weighted by Gasteiger charge is -2.04. The molecule has 0 fully saturated rings. The summed E-state index contributed by atoms with van der Waals surface area (Å²) in [5.74, 6) is 0. The van der Waals surface area contributed by atoms with E-state index < -0.39 is 0 Å². The summed E-state index contributed by atoms with van der Waals surface area (Å²) in [5.41, 5.74) is 3.56.